The minimum Gasteiger partial charge on any atom is -0.360 e. The summed E-state index contributed by atoms with van der Waals surface area (Å²) in [6.07, 6.45) is 1.22. The lowest BCUT2D eigenvalue weighted by atomic mass is 9.96. The van der Waals surface area contributed by atoms with Crippen LogP contribution in [0.2, 0.25) is 10.0 Å². The zero-order valence-corrected chi connectivity index (χ0v) is 18.5. The van der Waals surface area contributed by atoms with Crippen LogP contribution in [-0.4, -0.2) is 35.0 Å². The van der Waals surface area contributed by atoms with Crippen molar-refractivity contribution in [3.8, 4) is 10.4 Å². The molecule has 0 aliphatic carbocycles. The Morgan fingerprint density at radius 3 is 2.47 bits per heavy atom. The summed E-state index contributed by atoms with van der Waals surface area (Å²) in [5.74, 6) is 0.792. The number of carbonyl (C=O) groups is 2. The van der Waals surface area contributed by atoms with Crippen LogP contribution in [-0.2, 0) is 4.79 Å². The number of piperidine rings is 1. The van der Waals surface area contributed by atoms with Gasteiger partial charge in [0.2, 0.25) is 5.91 Å². The van der Waals surface area contributed by atoms with E-state index in [4.69, 9.17) is 27.7 Å². The van der Waals surface area contributed by atoms with Crippen LogP contribution in [0.1, 0.15) is 28.3 Å². The fourth-order valence-corrected chi connectivity index (χ4v) is 4.95. The van der Waals surface area contributed by atoms with Crippen molar-refractivity contribution in [1.82, 2.24) is 10.1 Å². The Hall–Kier alpha value is -2.35. The molecule has 6 nitrogen and oxygen atoms in total. The first kappa shape index (κ1) is 20.9. The van der Waals surface area contributed by atoms with Gasteiger partial charge in [0, 0.05) is 40.0 Å². The van der Waals surface area contributed by atoms with E-state index in [2.05, 4.69) is 10.5 Å². The van der Waals surface area contributed by atoms with E-state index in [1.807, 2.05) is 24.3 Å². The van der Waals surface area contributed by atoms with Gasteiger partial charge < -0.3 is 14.7 Å². The summed E-state index contributed by atoms with van der Waals surface area (Å²) >= 11 is 13.6. The predicted molar refractivity (Wildman–Crippen MR) is 118 cm³/mol. The largest absolute Gasteiger partial charge is 0.360 e. The lowest BCUT2D eigenvalue weighted by molar-refractivity contribution is -0.121. The first-order chi connectivity index (χ1) is 14.4. The summed E-state index contributed by atoms with van der Waals surface area (Å²) in [6.45, 7) is 2.83. The fraction of sp³-hybridized carbons (Fsp3) is 0.286. The molecular formula is C21H19Cl2N3O3S. The molecule has 0 radical (unpaired) electrons. The molecule has 1 aliphatic rings. The number of rotatable bonds is 4. The third-order valence-corrected chi connectivity index (χ3v) is 6.55. The van der Waals surface area contributed by atoms with E-state index in [9.17, 15) is 9.59 Å². The Labute approximate surface area is 187 Å². The second kappa shape index (κ2) is 8.79. The van der Waals surface area contributed by atoms with Gasteiger partial charge in [0.1, 0.15) is 5.76 Å². The summed E-state index contributed by atoms with van der Waals surface area (Å²) in [6, 6.07) is 10.7. The van der Waals surface area contributed by atoms with Gasteiger partial charge in [-0.25, -0.2) is 0 Å². The van der Waals surface area contributed by atoms with Crippen LogP contribution in [0.25, 0.3) is 10.4 Å². The minimum absolute atomic E-state index is 0.0228. The molecule has 2 aromatic heterocycles. The van der Waals surface area contributed by atoms with Gasteiger partial charge in [-0.1, -0.05) is 28.4 Å². The van der Waals surface area contributed by atoms with Gasteiger partial charge in [0.15, 0.2) is 5.82 Å². The number of nitrogens with one attached hydrogen (secondary N) is 1. The number of hydrogen-bond donors (Lipinski definition) is 1. The summed E-state index contributed by atoms with van der Waals surface area (Å²) in [7, 11) is 0. The van der Waals surface area contributed by atoms with Crippen molar-refractivity contribution in [3.05, 3.63) is 57.1 Å². The van der Waals surface area contributed by atoms with Crippen LogP contribution in [0, 0.1) is 12.8 Å². The highest BCUT2D eigenvalue weighted by Gasteiger charge is 2.29. The molecule has 0 spiro atoms. The van der Waals surface area contributed by atoms with E-state index in [-0.39, 0.29) is 17.7 Å². The molecule has 156 valence electrons. The van der Waals surface area contributed by atoms with E-state index in [1.54, 1.807) is 24.0 Å². The molecule has 3 aromatic rings. The summed E-state index contributed by atoms with van der Waals surface area (Å²) in [4.78, 5) is 28.7. The number of aromatic nitrogens is 1. The van der Waals surface area contributed by atoms with Crippen LogP contribution in [0.3, 0.4) is 0 Å². The lowest BCUT2D eigenvalue weighted by Gasteiger charge is -2.30. The molecule has 30 heavy (non-hydrogen) atoms. The van der Waals surface area contributed by atoms with Crippen molar-refractivity contribution in [1.29, 1.82) is 0 Å². The van der Waals surface area contributed by atoms with E-state index < -0.39 is 0 Å². The average Bonchev–Trinajstić information content (AvgIpc) is 3.36. The Kier molecular flexibility index (Phi) is 6.13. The Morgan fingerprint density at radius 2 is 1.83 bits per heavy atom. The quantitative estimate of drug-likeness (QED) is 0.553. The number of aryl methyl sites for hydroxylation is 1. The van der Waals surface area contributed by atoms with E-state index in [1.165, 1.54) is 11.3 Å². The van der Waals surface area contributed by atoms with Crippen molar-refractivity contribution < 1.29 is 14.1 Å². The van der Waals surface area contributed by atoms with Gasteiger partial charge in [-0.2, -0.15) is 0 Å². The zero-order chi connectivity index (χ0) is 21.3. The predicted octanol–water partition coefficient (Wildman–Crippen LogP) is 5.51. The van der Waals surface area contributed by atoms with Crippen molar-refractivity contribution >= 4 is 52.2 Å². The topological polar surface area (TPSA) is 75.4 Å². The number of hydrogen-bond acceptors (Lipinski definition) is 5. The molecular weight excluding hydrogens is 445 g/mol. The molecule has 1 saturated heterocycles. The maximum atomic E-state index is 12.9. The second-order valence-corrected chi connectivity index (χ2v) is 9.16. The van der Waals surface area contributed by atoms with Crippen molar-refractivity contribution in [3.63, 3.8) is 0 Å². The van der Waals surface area contributed by atoms with Gasteiger partial charge in [0.05, 0.1) is 4.88 Å². The fourth-order valence-electron chi connectivity index (χ4n) is 3.46. The molecule has 1 fully saturated rings. The lowest BCUT2D eigenvalue weighted by Crippen LogP contribution is -2.41. The van der Waals surface area contributed by atoms with Crippen LogP contribution >= 0.6 is 34.5 Å². The molecule has 0 unspecified atom stereocenters. The van der Waals surface area contributed by atoms with E-state index in [0.717, 1.165) is 10.4 Å². The smallest absolute Gasteiger partial charge is 0.263 e. The first-order valence-electron chi connectivity index (χ1n) is 9.49. The maximum absolute atomic E-state index is 12.9. The number of amides is 2. The Bertz CT molecular complexity index is 1070. The monoisotopic (exact) mass is 463 g/mol. The zero-order valence-electron chi connectivity index (χ0n) is 16.2. The van der Waals surface area contributed by atoms with E-state index >= 15 is 0 Å². The molecule has 2 amide bonds. The number of halogens is 2. The third-order valence-electron chi connectivity index (χ3n) is 5.00. The molecule has 4 rings (SSSR count). The number of anilines is 1. The summed E-state index contributed by atoms with van der Waals surface area (Å²) < 4.78 is 4.97. The SMILES string of the molecule is Cc1cc(NC(=O)C2CCN(C(=O)c3ccc(-c4cc(Cl)cc(Cl)c4)s3)CC2)no1. The maximum Gasteiger partial charge on any atom is 0.263 e. The van der Waals surface area contributed by atoms with Gasteiger partial charge in [-0.3, -0.25) is 9.59 Å². The molecule has 1 N–H and O–H groups in total. The van der Waals surface area contributed by atoms with Gasteiger partial charge >= 0.3 is 0 Å². The van der Waals surface area contributed by atoms with Crippen molar-refractivity contribution in [2.75, 3.05) is 18.4 Å². The van der Waals surface area contributed by atoms with Crippen LogP contribution < -0.4 is 5.32 Å². The molecule has 3 heterocycles. The minimum atomic E-state index is -0.154. The number of benzene rings is 1. The van der Waals surface area contributed by atoms with Crippen molar-refractivity contribution in [2.24, 2.45) is 5.92 Å². The van der Waals surface area contributed by atoms with E-state index in [0.29, 0.717) is 52.4 Å². The van der Waals surface area contributed by atoms with Gasteiger partial charge in [-0.05, 0) is 55.7 Å². The highest BCUT2D eigenvalue weighted by molar-refractivity contribution is 7.17. The van der Waals surface area contributed by atoms with Gasteiger partial charge in [-0.15, -0.1) is 11.3 Å². The number of likely N-dealkylation sites (tertiary alicyclic amines) is 1. The Balaban J connectivity index is 1.36. The van der Waals surface area contributed by atoms with Crippen molar-refractivity contribution in [2.45, 2.75) is 19.8 Å². The summed E-state index contributed by atoms with van der Waals surface area (Å²) in [5, 5.41) is 7.67. The normalized spacial score (nSPS) is 14.7. The number of thiophene rings is 1. The highest BCUT2D eigenvalue weighted by atomic mass is 35.5. The second-order valence-electron chi connectivity index (χ2n) is 7.20. The molecule has 9 heteroatoms. The standard InChI is InChI=1S/C21H19Cl2N3O3S/c1-12-8-19(25-29-12)24-20(27)13-4-6-26(7-5-13)21(28)18-3-2-17(30-18)14-9-15(22)11-16(23)10-14/h2-3,8-11,13H,4-7H2,1H3,(H,24,25,27). The Morgan fingerprint density at radius 1 is 1.13 bits per heavy atom. The first-order valence-corrected chi connectivity index (χ1v) is 11.1. The average molecular weight is 464 g/mol. The summed E-state index contributed by atoms with van der Waals surface area (Å²) in [5.41, 5.74) is 0.884. The highest BCUT2D eigenvalue weighted by Crippen LogP contribution is 2.33. The van der Waals surface area contributed by atoms with Crippen LogP contribution in [0.5, 0.6) is 0 Å². The molecule has 0 atom stereocenters. The molecule has 1 aliphatic heterocycles. The van der Waals surface area contributed by atoms with Crippen LogP contribution in [0.15, 0.2) is 40.9 Å². The van der Waals surface area contributed by atoms with Crippen LogP contribution in [0.4, 0.5) is 5.82 Å². The number of carbonyl (C=O) groups excluding carboxylic acids is 2. The molecule has 0 bridgehead atoms. The molecule has 0 saturated carbocycles. The van der Waals surface area contributed by atoms with Gasteiger partial charge in [0.25, 0.3) is 5.91 Å². The number of nitrogens with zero attached hydrogens (tertiary/aromatic N) is 2. The molecule has 1 aromatic carbocycles. The third kappa shape index (κ3) is 4.69.